The number of rotatable bonds is 10. The molecule has 2 bridgehead atoms. The average Bonchev–Trinajstić information content (AvgIpc) is 3.97. The maximum atomic E-state index is 16.7. The molecule has 3 amide bonds. The number of fused-ring (bicyclic) bond motifs is 3. The van der Waals surface area contributed by atoms with E-state index in [9.17, 15) is 22.8 Å². The number of benzene rings is 2. The Kier molecular flexibility index (Phi) is 11.1. The molecule has 7 aliphatic rings. The number of carbonyl (C=O) groups is 2. The number of nitrogens with two attached hydrogens (primary N) is 1. The number of hydrogen-bond donors (Lipinski definition) is 3. The number of amides is 3. The van der Waals surface area contributed by atoms with Gasteiger partial charge in [-0.25, -0.2) is 9.18 Å². The van der Waals surface area contributed by atoms with Crippen LogP contribution in [0.1, 0.15) is 87.7 Å². The normalized spacial score (nSPS) is 24.8. The Morgan fingerprint density at radius 1 is 0.924 bits per heavy atom. The molecule has 11 rings (SSSR count). The third-order valence-corrected chi connectivity index (χ3v) is 16.1. The molecule has 1 spiro atoms. The number of ether oxygens (including phenoxy) is 1. The summed E-state index contributed by atoms with van der Waals surface area (Å²) in [7, 11) is 0. The average molecular weight is 931 g/mol. The summed E-state index contributed by atoms with van der Waals surface area (Å²) < 4.78 is 66.1. The Labute approximate surface area is 385 Å². The minimum atomic E-state index is -4.89. The summed E-state index contributed by atoms with van der Waals surface area (Å²) in [6, 6.07) is 11.0. The molecule has 2 aliphatic carbocycles. The van der Waals surface area contributed by atoms with Gasteiger partial charge in [0, 0.05) is 79.3 Å². The number of nitrogen functional groups attached to an aromatic ring is 1. The number of carbonyl (C=O) groups excluding carboxylic acids is 2. The first-order valence-corrected chi connectivity index (χ1v) is 23.9. The van der Waals surface area contributed by atoms with Gasteiger partial charge in [0.2, 0.25) is 5.91 Å². The van der Waals surface area contributed by atoms with Crippen LogP contribution < -0.4 is 30.9 Å². The smallest absolute Gasteiger partial charge is 0.418 e. The van der Waals surface area contributed by atoms with Crippen LogP contribution in [0.25, 0.3) is 22.2 Å². The van der Waals surface area contributed by atoms with Gasteiger partial charge >= 0.3 is 18.2 Å². The zero-order chi connectivity index (χ0) is 45.5. The summed E-state index contributed by atoms with van der Waals surface area (Å²) in [5.74, 6) is -0.344. The molecule has 4 aromatic rings. The van der Waals surface area contributed by atoms with Crippen LogP contribution in [0.3, 0.4) is 0 Å². The highest BCUT2D eigenvalue weighted by Crippen LogP contribution is 2.54. The number of piperazine rings is 1. The summed E-state index contributed by atoms with van der Waals surface area (Å²) in [6.45, 7) is 7.13. The molecule has 5 saturated heterocycles. The third kappa shape index (κ3) is 8.42. The molecular weight excluding hydrogens is 876 g/mol. The number of piperidine rings is 2. The first kappa shape index (κ1) is 43.7. The highest BCUT2D eigenvalue weighted by Gasteiger charge is 2.51. The second kappa shape index (κ2) is 16.7. The van der Waals surface area contributed by atoms with E-state index in [1.54, 1.807) is 4.90 Å². The van der Waals surface area contributed by atoms with Crippen molar-refractivity contribution in [3.63, 3.8) is 0 Å². The van der Waals surface area contributed by atoms with Gasteiger partial charge < -0.3 is 30.5 Å². The molecule has 7 fully saturated rings. The van der Waals surface area contributed by atoms with Gasteiger partial charge in [-0.3, -0.25) is 20.0 Å². The number of alkyl halides is 3. The molecular formula is C48H55ClF4N10O3. The van der Waals surface area contributed by atoms with Crippen LogP contribution >= 0.6 is 11.6 Å². The first-order chi connectivity index (χ1) is 31.7. The lowest BCUT2D eigenvalue weighted by Crippen LogP contribution is -2.56. The van der Waals surface area contributed by atoms with Crippen molar-refractivity contribution in [2.24, 2.45) is 10.8 Å². The van der Waals surface area contributed by atoms with Crippen molar-refractivity contribution < 1.29 is 31.9 Å². The monoisotopic (exact) mass is 930 g/mol. The second-order valence-electron chi connectivity index (χ2n) is 20.3. The largest absolute Gasteiger partial charge is 0.463 e. The van der Waals surface area contributed by atoms with Crippen LogP contribution in [0.2, 0.25) is 5.02 Å². The van der Waals surface area contributed by atoms with Gasteiger partial charge in [-0.2, -0.15) is 23.1 Å². The number of nitrogens with one attached hydrogen (secondary N) is 2. The second-order valence-corrected chi connectivity index (χ2v) is 20.7. The van der Waals surface area contributed by atoms with Crippen molar-refractivity contribution in [3.05, 3.63) is 64.6 Å². The van der Waals surface area contributed by atoms with E-state index >= 15 is 4.39 Å². The molecule has 18 heteroatoms. The summed E-state index contributed by atoms with van der Waals surface area (Å²) in [5, 5.41) is 5.69. The van der Waals surface area contributed by atoms with Crippen LogP contribution in [0.4, 0.5) is 39.5 Å². The molecule has 7 heterocycles. The van der Waals surface area contributed by atoms with Crippen molar-refractivity contribution in [2.45, 2.75) is 101 Å². The van der Waals surface area contributed by atoms with Gasteiger partial charge in [0.1, 0.15) is 17.0 Å². The SMILES string of the molecule is Nc1cc(Cl)c(C(F)(F)F)c(-c2ncc3c(N4CC5CCC(C4)N5)nc(OCC4(CN5CCC6(CC5)CC(N5CCC(c7cccc(N8CCC(=O)NC8=O)c7)CC5)C6)CC4)nc3c2F)c1. The van der Waals surface area contributed by atoms with Gasteiger partial charge in [-0.15, -0.1) is 0 Å². The Morgan fingerprint density at radius 2 is 1.67 bits per heavy atom. The van der Waals surface area contributed by atoms with Crippen LogP contribution in [0, 0.1) is 16.6 Å². The fraction of sp³-hybridized carbons (Fsp3) is 0.562. The highest BCUT2D eigenvalue weighted by atomic mass is 35.5. The fourth-order valence-electron chi connectivity index (χ4n) is 12.0. The summed E-state index contributed by atoms with van der Waals surface area (Å²) >= 11 is 6.06. The molecule has 2 aromatic heterocycles. The van der Waals surface area contributed by atoms with E-state index in [0.29, 0.717) is 61.2 Å². The van der Waals surface area contributed by atoms with E-state index in [2.05, 4.69) is 47.4 Å². The number of hydrogen-bond acceptors (Lipinski definition) is 11. The van der Waals surface area contributed by atoms with Crippen LogP contribution in [0.5, 0.6) is 6.01 Å². The molecule has 0 radical (unpaired) electrons. The van der Waals surface area contributed by atoms with Crippen LogP contribution in [-0.2, 0) is 11.0 Å². The number of nitrogens with zero attached hydrogens (tertiary/aromatic N) is 7. The maximum absolute atomic E-state index is 16.7. The predicted molar refractivity (Wildman–Crippen MR) is 243 cm³/mol. The predicted octanol–water partition coefficient (Wildman–Crippen LogP) is 7.76. The quantitative estimate of drug-likeness (QED) is 0.106. The van der Waals surface area contributed by atoms with Gasteiger partial charge in [-0.05, 0) is 132 Å². The first-order valence-electron chi connectivity index (χ1n) is 23.5. The number of anilines is 3. The molecule has 2 aromatic carbocycles. The van der Waals surface area contributed by atoms with Gasteiger partial charge in [0.15, 0.2) is 5.82 Å². The minimum absolute atomic E-state index is 0.00625. The van der Waals surface area contributed by atoms with Crippen molar-refractivity contribution in [3.8, 4) is 17.3 Å². The number of halogens is 5. The topological polar surface area (TPSA) is 145 Å². The number of urea groups is 1. The molecule has 2 saturated carbocycles. The Morgan fingerprint density at radius 3 is 2.36 bits per heavy atom. The van der Waals surface area contributed by atoms with Crippen molar-refractivity contribution in [1.82, 2.24) is 35.4 Å². The molecule has 66 heavy (non-hydrogen) atoms. The van der Waals surface area contributed by atoms with E-state index in [1.165, 1.54) is 37.4 Å². The standard InChI is InChI=1S/C48H55ClF4N10O3/c49-37-20-30(54)19-35(39(37)48(51,52)53)41-40(50)42-36(23-55-41)43(62-24-31-4-5-32(25-62)56-31)59-44(58-42)66-27-47(9-10-47)26-60-16-11-46(12-17-60)21-34(22-46)61-13-6-28(7-14-61)29-2-1-3-33(18-29)63-15-8-38(64)57-45(63)65/h1-3,18-20,23,28,31-32,34,56H,4-17,21-22,24-27,54H2,(H,57,64,65). The minimum Gasteiger partial charge on any atom is -0.463 e. The lowest BCUT2D eigenvalue weighted by molar-refractivity contribution is -0.137. The molecule has 2 atom stereocenters. The van der Waals surface area contributed by atoms with E-state index in [-0.39, 0.29) is 46.7 Å². The van der Waals surface area contributed by atoms with Gasteiger partial charge in [0.25, 0.3) is 0 Å². The Hall–Kier alpha value is -4.84. The van der Waals surface area contributed by atoms with E-state index in [0.717, 1.165) is 89.1 Å². The van der Waals surface area contributed by atoms with Crippen LogP contribution in [-0.4, -0.2) is 114 Å². The zero-order valence-corrected chi connectivity index (χ0v) is 37.6. The lowest BCUT2D eigenvalue weighted by Gasteiger charge is -2.56. The molecule has 4 N–H and O–H groups in total. The molecule has 2 unspecified atom stereocenters. The molecule has 350 valence electrons. The Balaban J connectivity index is 0.723. The summed E-state index contributed by atoms with van der Waals surface area (Å²) in [5.41, 5.74) is 5.81. The van der Waals surface area contributed by atoms with Gasteiger partial charge in [-0.1, -0.05) is 23.7 Å². The zero-order valence-electron chi connectivity index (χ0n) is 36.8. The van der Waals surface area contributed by atoms with Crippen LogP contribution in [0.15, 0.2) is 42.6 Å². The van der Waals surface area contributed by atoms with E-state index in [4.69, 9.17) is 27.1 Å². The molecule has 5 aliphatic heterocycles. The maximum Gasteiger partial charge on any atom is 0.418 e. The van der Waals surface area contributed by atoms with Crippen molar-refractivity contribution in [1.29, 1.82) is 0 Å². The Bertz CT molecular complexity index is 2540. The number of aromatic nitrogens is 3. The number of pyridine rings is 1. The summed E-state index contributed by atoms with van der Waals surface area (Å²) in [6.07, 6.45) is 7.77. The van der Waals surface area contributed by atoms with E-state index in [1.807, 2.05) is 12.1 Å². The lowest BCUT2D eigenvalue weighted by atomic mass is 9.59. The van der Waals surface area contributed by atoms with Gasteiger partial charge in [0.05, 0.1) is 22.6 Å². The summed E-state index contributed by atoms with van der Waals surface area (Å²) in [4.78, 5) is 46.8. The number of imide groups is 1. The van der Waals surface area contributed by atoms with Crippen molar-refractivity contribution in [2.75, 3.05) is 74.5 Å². The molecule has 13 nitrogen and oxygen atoms in total. The highest BCUT2D eigenvalue weighted by molar-refractivity contribution is 6.32. The fourth-order valence-corrected chi connectivity index (χ4v) is 12.3. The van der Waals surface area contributed by atoms with Crippen molar-refractivity contribution >= 4 is 51.6 Å². The number of likely N-dealkylation sites (tertiary alicyclic amines) is 2. The third-order valence-electron chi connectivity index (χ3n) is 15.8. The van der Waals surface area contributed by atoms with E-state index < -0.39 is 33.8 Å².